The molecule has 1 saturated heterocycles. The highest BCUT2D eigenvalue weighted by molar-refractivity contribution is 6.74. The predicted molar refractivity (Wildman–Crippen MR) is 156 cm³/mol. The molecule has 0 aromatic rings. The Hall–Kier alpha value is -0.216. The van der Waals surface area contributed by atoms with Crippen molar-refractivity contribution < 1.29 is 23.5 Å². The molecule has 7 atom stereocenters. The lowest BCUT2D eigenvalue weighted by atomic mass is 9.59. The van der Waals surface area contributed by atoms with Gasteiger partial charge in [0.1, 0.15) is 0 Å². The Labute approximate surface area is 230 Å². The lowest BCUT2D eigenvalue weighted by Gasteiger charge is -2.52. The van der Waals surface area contributed by atoms with E-state index in [1.165, 1.54) is 12.8 Å². The van der Waals surface area contributed by atoms with Gasteiger partial charge in [-0.15, -0.1) is 0 Å². The van der Waals surface area contributed by atoms with Gasteiger partial charge in [-0.05, 0) is 92.0 Å². The van der Waals surface area contributed by atoms with Gasteiger partial charge in [-0.3, -0.25) is 4.79 Å². The van der Waals surface area contributed by atoms with Crippen LogP contribution in [0.5, 0.6) is 0 Å². The Morgan fingerprint density at radius 3 is 2.19 bits per heavy atom. The van der Waals surface area contributed by atoms with Crippen LogP contribution in [-0.2, 0) is 18.4 Å². The highest BCUT2D eigenvalue weighted by Gasteiger charge is 2.51. The number of esters is 1. The first-order chi connectivity index (χ1) is 16.8. The van der Waals surface area contributed by atoms with Crippen LogP contribution in [0.2, 0.25) is 36.3 Å². The average Bonchev–Trinajstić information content (AvgIpc) is 2.71. The maximum absolute atomic E-state index is 12.5. The molecule has 0 amide bonds. The van der Waals surface area contributed by atoms with Gasteiger partial charge in [0.15, 0.2) is 16.6 Å². The van der Waals surface area contributed by atoms with Crippen LogP contribution in [0.15, 0.2) is 0 Å². The third-order valence-electron chi connectivity index (χ3n) is 10.9. The number of ether oxygens (including phenoxy) is 1. The summed E-state index contributed by atoms with van der Waals surface area (Å²) in [5, 5.41) is 11.7. The minimum absolute atomic E-state index is 0.0474. The van der Waals surface area contributed by atoms with Crippen molar-refractivity contribution in [2.24, 2.45) is 23.7 Å². The second kappa shape index (κ2) is 11.0. The van der Waals surface area contributed by atoms with Crippen LogP contribution >= 0.6 is 0 Å². The molecule has 1 aliphatic heterocycles. The molecule has 1 N–H and O–H groups in total. The van der Waals surface area contributed by atoms with Crippen molar-refractivity contribution in [2.75, 3.05) is 0 Å². The lowest BCUT2D eigenvalue weighted by molar-refractivity contribution is -0.221. The van der Waals surface area contributed by atoms with Crippen LogP contribution in [-0.4, -0.2) is 45.7 Å². The van der Waals surface area contributed by atoms with Crippen molar-refractivity contribution in [3.63, 3.8) is 0 Å². The summed E-state index contributed by atoms with van der Waals surface area (Å²) >= 11 is 0. The second-order valence-electron chi connectivity index (χ2n) is 15.7. The Kier molecular flexibility index (Phi) is 9.30. The highest BCUT2D eigenvalue weighted by Crippen LogP contribution is 2.51. The predicted octanol–water partition coefficient (Wildman–Crippen LogP) is 8.04. The molecule has 216 valence electrons. The van der Waals surface area contributed by atoms with Crippen molar-refractivity contribution in [1.82, 2.24) is 0 Å². The first-order valence-electron chi connectivity index (χ1n) is 15.0. The van der Waals surface area contributed by atoms with E-state index in [1.54, 1.807) is 0 Å². The minimum atomic E-state index is -2.13. The Bertz CT molecular complexity index is 799. The van der Waals surface area contributed by atoms with Crippen molar-refractivity contribution in [3.05, 3.63) is 0 Å². The standard InChI is InChI=1S/C30H58O5Si2/c1-21-14-15-22-19-23(34-36(8,9)28(2,3)4)20-25(31)27(22)24(21)16-18-30(17-12-13-26(32)33-30)35-37(10,11)29(5,6)7/h21-25,27,31H,12-20H2,1-11H3/t21-,22-,23+,24-,25-,27-,30+/m0/s1. The fourth-order valence-corrected chi connectivity index (χ4v) is 9.49. The number of cyclic esters (lactones) is 1. The van der Waals surface area contributed by atoms with Crippen molar-refractivity contribution in [3.8, 4) is 0 Å². The maximum Gasteiger partial charge on any atom is 0.308 e. The minimum Gasteiger partial charge on any atom is -0.434 e. The number of carbonyl (C=O) groups is 1. The summed E-state index contributed by atoms with van der Waals surface area (Å²) in [6, 6.07) is 0. The third-order valence-corrected chi connectivity index (χ3v) is 19.9. The topological polar surface area (TPSA) is 65.0 Å². The smallest absolute Gasteiger partial charge is 0.308 e. The van der Waals surface area contributed by atoms with E-state index in [1.807, 2.05) is 0 Å². The molecular weight excluding hydrogens is 496 g/mol. The summed E-state index contributed by atoms with van der Waals surface area (Å²) in [6.07, 6.45) is 7.80. The SMILES string of the molecule is C[C@H]1CC[C@H]2C[C@@H](O[Si](C)(C)C(C)(C)C)C[C@H](O)[C@@H]2[C@H]1CC[C@]1(O[Si](C)(C)C(C)(C)C)CCCC(=O)O1. The molecule has 37 heavy (non-hydrogen) atoms. The van der Waals surface area contributed by atoms with E-state index < -0.39 is 22.4 Å². The largest absolute Gasteiger partial charge is 0.434 e. The summed E-state index contributed by atoms with van der Waals surface area (Å²) in [6.45, 7) is 25.1. The Morgan fingerprint density at radius 2 is 1.62 bits per heavy atom. The highest BCUT2D eigenvalue weighted by atomic mass is 28.4. The number of hydrogen-bond donors (Lipinski definition) is 1. The van der Waals surface area contributed by atoms with Gasteiger partial charge >= 0.3 is 5.97 Å². The zero-order valence-electron chi connectivity index (χ0n) is 25.9. The lowest BCUT2D eigenvalue weighted by Crippen LogP contribution is -2.54. The first-order valence-corrected chi connectivity index (χ1v) is 20.9. The van der Waals surface area contributed by atoms with Gasteiger partial charge < -0.3 is 18.7 Å². The molecule has 1 heterocycles. The fourth-order valence-electron chi connectivity index (χ4n) is 6.63. The van der Waals surface area contributed by atoms with Gasteiger partial charge in [0, 0.05) is 25.4 Å². The quantitative estimate of drug-likeness (QED) is 0.255. The van der Waals surface area contributed by atoms with E-state index in [9.17, 15) is 9.90 Å². The molecule has 2 aliphatic carbocycles. The Morgan fingerprint density at radius 1 is 1.00 bits per heavy atom. The third kappa shape index (κ3) is 7.11. The van der Waals surface area contributed by atoms with Crippen molar-refractivity contribution in [1.29, 1.82) is 0 Å². The fraction of sp³-hybridized carbons (Fsp3) is 0.967. The molecule has 2 saturated carbocycles. The van der Waals surface area contributed by atoms with Crippen LogP contribution in [0.3, 0.4) is 0 Å². The van der Waals surface area contributed by atoms with E-state index in [-0.39, 0.29) is 28.3 Å². The summed E-state index contributed by atoms with van der Waals surface area (Å²) in [7, 11) is -4.01. The normalized spacial score (nSPS) is 36.2. The molecule has 0 spiro atoms. The van der Waals surface area contributed by atoms with Crippen LogP contribution in [0, 0.1) is 23.7 Å². The molecule has 5 nitrogen and oxygen atoms in total. The van der Waals surface area contributed by atoms with E-state index in [2.05, 4.69) is 74.7 Å². The molecule has 0 aromatic carbocycles. The van der Waals surface area contributed by atoms with E-state index in [4.69, 9.17) is 13.6 Å². The van der Waals surface area contributed by atoms with Gasteiger partial charge in [-0.2, -0.15) is 0 Å². The number of carbonyl (C=O) groups excluding carboxylic acids is 1. The Balaban J connectivity index is 1.75. The van der Waals surface area contributed by atoms with Crippen molar-refractivity contribution in [2.45, 2.75) is 161 Å². The van der Waals surface area contributed by atoms with Gasteiger partial charge in [0.05, 0.1) is 6.10 Å². The molecule has 3 rings (SSSR count). The molecule has 0 unspecified atom stereocenters. The van der Waals surface area contributed by atoms with Crippen LogP contribution in [0.1, 0.15) is 106 Å². The van der Waals surface area contributed by atoms with Gasteiger partial charge in [0.2, 0.25) is 5.79 Å². The summed E-state index contributed by atoms with van der Waals surface area (Å²) in [5.41, 5.74) is 0. The molecule has 0 aromatic heterocycles. The van der Waals surface area contributed by atoms with Gasteiger partial charge in [-0.25, -0.2) is 0 Å². The molecule has 3 aliphatic rings. The molecule has 0 bridgehead atoms. The van der Waals surface area contributed by atoms with Gasteiger partial charge in [-0.1, -0.05) is 54.9 Å². The average molecular weight is 555 g/mol. The summed E-state index contributed by atoms with van der Waals surface area (Å²) in [5.74, 6) is 0.848. The number of fused-ring (bicyclic) bond motifs is 1. The molecule has 7 heteroatoms. The van der Waals surface area contributed by atoms with E-state index >= 15 is 0 Å². The first kappa shape index (κ1) is 31.3. The zero-order valence-corrected chi connectivity index (χ0v) is 27.9. The van der Waals surface area contributed by atoms with E-state index in [0.717, 1.165) is 38.5 Å². The number of hydrogen-bond acceptors (Lipinski definition) is 5. The molecule has 3 fully saturated rings. The van der Waals surface area contributed by atoms with Crippen molar-refractivity contribution >= 4 is 22.6 Å². The maximum atomic E-state index is 12.5. The van der Waals surface area contributed by atoms with Gasteiger partial charge in [0.25, 0.3) is 0 Å². The monoisotopic (exact) mass is 554 g/mol. The number of aliphatic hydroxyl groups excluding tert-OH is 1. The van der Waals surface area contributed by atoms with Crippen LogP contribution < -0.4 is 0 Å². The molecule has 0 radical (unpaired) electrons. The summed E-state index contributed by atoms with van der Waals surface area (Å²) < 4.78 is 19.8. The zero-order chi connectivity index (χ0) is 28.0. The number of aliphatic hydroxyl groups is 1. The van der Waals surface area contributed by atoms with Crippen LogP contribution in [0.4, 0.5) is 0 Å². The molecular formula is C30H58O5Si2. The van der Waals surface area contributed by atoms with Crippen LogP contribution in [0.25, 0.3) is 0 Å². The second-order valence-corrected chi connectivity index (χ2v) is 25.2. The summed E-state index contributed by atoms with van der Waals surface area (Å²) in [4.78, 5) is 12.5. The number of rotatable bonds is 7. The van der Waals surface area contributed by atoms with E-state index in [0.29, 0.717) is 30.1 Å².